The van der Waals surface area contributed by atoms with Crippen LogP contribution in [0, 0.1) is 0 Å². The number of hydrogen-bond acceptors (Lipinski definition) is 21. The molecule has 32 nitrogen and oxygen atoms in total. The van der Waals surface area contributed by atoms with Gasteiger partial charge in [-0.2, -0.15) is 0 Å². The molecule has 0 aliphatic carbocycles. The molecule has 1 aliphatic rings. The van der Waals surface area contributed by atoms with E-state index in [1.165, 1.54) is 12.1 Å². The minimum atomic E-state index is -1.09. The van der Waals surface area contributed by atoms with E-state index in [0.29, 0.717) is 67.6 Å². The highest BCUT2D eigenvalue weighted by Crippen LogP contribution is 2.29. The Kier molecular flexibility index (Phi) is 34.3. The number of nitrogens with two attached hydrogens (primary N) is 2. The van der Waals surface area contributed by atoms with Crippen LogP contribution in [0.4, 0.5) is 16.2 Å². The standard InChI is InChI=1S/C65H94N16O16/c1-2-51(83)68-25-28-73-65(96)77-64(67)72-24-11-17-50(62(94)74-39-44-18-20-47(82)21-19-44)76-63(95)56(45-12-4-3-5-13-45)46-14-10-15-48(38-46)97-37-9-8-23-69-57-58(60(92)59(57)91)70-26-27-71-61(93)49(16-6-7-22-66)75-52(84)40-78-29-31-79(41-53(85)86)33-35-81(43-55(89)90)36-34-80(32-30-78)42-54(87)88/h3-5,10,12-15,18-21,38,49-50,56,69-70,82H,2,6-9,11,16-17,22-37,39-43,66H2,1H3,(H,68,83)(H,71,93)(H,74,94)(H,75,84)(H,76,95)(H,85,86)(H,87,88)(H,89,90)(H4,67,72,73,77,96)/t49-,50-,56?/m1/s1. The SMILES string of the molecule is CCC(=O)NCCNC(=O)NC(N)=NCCC[C@@H](NC(=O)C(c1ccccc1)c1cccc(OCCCCNc2c(NCCNC(=O)[C@@H](CCCCN)NC(=O)CN3CCN(CC(=O)O)CCN(CC(=O)O)CCN(CC(=O)O)CC3)c(=O)c2=O)c1)C(=O)NCc1ccc(O)cc1. The summed E-state index contributed by atoms with van der Waals surface area (Å²) in [5, 5.41) is 63.4. The highest BCUT2D eigenvalue weighted by Gasteiger charge is 2.30. The normalized spacial score (nSPS) is 14.6. The van der Waals surface area contributed by atoms with Crippen LogP contribution in [0.15, 0.2) is 93.4 Å². The lowest BCUT2D eigenvalue weighted by Crippen LogP contribution is -2.52. The van der Waals surface area contributed by atoms with Gasteiger partial charge in [-0.25, -0.2) is 4.79 Å². The third-order valence-corrected chi connectivity index (χ3v) is 15.6. The van der Waals surface area contributed by atoms with Gasteiger partial charge in [0.15, 0.2) is 5.96 Å². The van der Waals surface area contributed by atoms with Gasteiger partial charge >= 0.3 is 23.9 Å². The lowest BCUT2D eigenvalue weighted by molar-refractivity contribution is -0.140. The number of carboxylic acids is 3. The lowest BCUT2D eigenvalue weighted by Gasteiger charge is -2.33. The Morgan fingerprint density at radius 1 is 0.557 bits per heavy atom. The summed E-state index contributed by atoms with van der Waals surface area (Å²) in [5.41, 5.74) is 12.3. The number of benzene rings is 3. The van der Waals surface area contributed by atoms with Crippen molar-refractivity contribution in [1.29, 1.82) is 0 Å². The number of aliphatic imine (C=N–C) groups is 1. The molecule has 4 aromatic carbocycles. The maximum atomic E-state index is 14.5. The first-order valence-corrected chi connectivity index (χ1v) is 32.5. The molecule has 3 atom stereocenters. The number of guanidine groups is 1. The summed E-state index contributed by atoms with van der Waals surface area (Å²) in [5.74, 6) is -5.94. The number of aliphatic carboxylic acids is 3. The largest absolute Gasteiger partial charge is 0.508 e. The topological polar surface area (TPSA) is 464 Å². The van der Waals surface area contributed by atoms with Crippen LogP contribution in [0.5, 0.6) is 11.5 Å². The number of phenols is 1. The average Bonchev–Trinajstić information content (AvgIpc) is 0.792. The number of hydrogen-bond donors (Lipinski definition) is 15. The first kappa shape index (κ1) is 77.9. The van der Waals surface area contributed by atoms with E-state index in [9.17, 15) is 73.2 Å². The molecule has 0 saturated carbocycles. The Bertz CT molecular complexity index is 3260. The molecule has 7 amide bonds. The molecular formula is C65H94N16O16. The van der Waals surface area contributed by atoms with Crippen LogP contribution < -0.4 is 74.9 Å². The molecule has 5 rings (SSSR count). The Balaban J connectivity index is 1.13. The number of carbonyl (C=O) groups is 9. The molecule has 530 valence electrons. The van der Waals surface area contributed by atoms with E-state index < -0.39 is 76.4 Å². The van der Waals surface area contributed by atoms with Gasteiger partial charge in [-0.1, -0.05) is 61.5 Å². The molecule has 1 heterocycles. The number of carboxylic acid groups (broad SMARTS) is 3. The molecule has 97 heavy (non-hydrogen) atoms. The summed E-state index contributed by atoms with van der Waals surface area (Å²) >= 11 is 0. The third kappa shape index (κ3) is 29.4. The fourth-order valence-electron chi connectivity index (χ4n) is 10.4. The number of rotatable bonds is 40. The molecule has 1 saturated heterocycles. The molecule has 0 bridgehead atoms. The number of urea groups is 1. The second-order valence-corrected chi connectivity index (χ2v) is 23.2. The molecule has 1 aliphatic heterocycles. The average molecular weight is 1360 g/mol. The van der Waals surface area contributed by atoms with Crippen molar-refractivity contribution in [3.63, 3.8) is 0 Å². The van der Waals surface area contributed by atoms with Crippen LogP contribution in [0.3, 0.4) is 0 Å². The van der Waals surface area contributed by atoms with Gasteiger partial charge in [0.05, 0.1) is 38.7 Å². The van der Waals surface area contributed by atoms with Gasteiger partial charge < -0.3 is 79.2 Å². The van der Waals surface area contributed by atoms with E-state index in [-0.39, 0.29) is 173 Å². The Morgan fingerprint density at radius 3 is 1.68 bits per heavy atom. The summed E-state index contributed by atoms with van der Waals surface area (Å²) in [6.45, 7) is 3.65. The van der Waals surface area contributed by atoms with Crippen LogP contribution in [0.25, 0.3) is 0 Å². The summed E-state index contributed by atoms with van der Waals surface area (Å²) in [6, 6.07) is 19.7. The van der Waals surface area contributed by atoms with Crippen molar-refractivity contribution < 1.29 is 68.3 Å². The van der Waals surface area contributed by atoms with E-state index in [1.807, 2.05) is 6.07 Å². The molecule has 1 fully saturated rings. The molecule has 0 aromatic heterocycles. The van der Waals surface area contributed by atoms with Gasteiger partial charge in [-0.3, -0.25) is 77.9 Å². The number of phenolic OH excluding ortho intramolecular Hbond substituents is 1. The van der Waals surface area contributed by atoms with Crippen LogP contribution in [0.1, 0.15) is 80.9 Å². The molecule has 0 spiro atoms. The minimum absolute atomic E-state index is 0.00596. The predicted molar refractivity (Wildman–Crippen MR) is 362 cm³/mol. The highest BCUT2D eigenvalue weighted by molar-refractivity contribution is 5.95. The van der Waals surface area contributed by atoms with Crippen LogP contribution in [-0.2, 0) is 44.9 Å². The number of unbranched alkanes of at least 4 members (excludes halogenated alkanes) is 2. The maximum absolute atomic E-state index is 14.5. The van der Waals surface area contributed by atoms with Crippen LogP contribution >= 0.6 is 0 Å². The van der Waals surface area contributed by atoms with Crippen molar-refractivity contribution in [1.82, 2.24) is 56.8 Å². The fraction of sp³-hybridized carbons (Fsp3) is 0.508. The summed E-state index contributed by atoms with van der Waals surface area (Å²) < 4.78 is 6.14. The summed E-state index contributed by atoms with van der Waals surface area (Å²) in [7, 11) is 0. The van der Waals surface area contributed by atoms with Crippen LogP contribution in [0.2, 0.25) is 0 Å². The van der Waals surface area contributed by atoms with E-state index in [4.69, 9.17) is 16.2 Å². The highest BCUT2D eigenvalue weighted by atomic mass is 16.5. The third-order valence-electron chi connectivity index (χ3n) is 15.6. The van der Waals surface area contributed by atoms with E-state index in [0.717, 1.165) is 0 Å². The molecule has 32 heteroatoms. The number of aromatic hydroxyl groups is 1. The zero-order valence-corrected chi connectivity index (χ0v) is 54.8. The first-order valence-electron chi connectivity index (χ1n) is 32.5. The molecule has 1 unspecified atom stereocenters. The zero-order chi connectivity index (χ0) is 70.5. The van der Waals surface area contributed by atoms with Gasteiger partial charge in [0, 0.05) is 105 Å². The van der Waals surface area contributed by atoms with Crippen molar-refractivity contribution in [3.8, 4) is 11.5 Å². The fourth-order valence-corrected chi connectivity index (χ4v) is 10.4. The van der Waals surface area contributed by atoms with Crippen molar-refractivity contribution in [3.05, 3.63) is 116 Å². The van der Waals surface area contributed by atoms with Crippen molar-refractivity contribution in [2.75, 3.05) is 142 Å². The van der Waals surface area contributed by atoms with Crippen molar-refractivity contribution >= 4 is 70.8 Å². The van der Waals surface area contributed by atoms with Crippen LogP contribution in [-0.4, -0.2) is 243 Å². The Hall–Kier alpha value is -9.76. The van der Waals surface area contributed by atoms with Crippen molar-refractivity contribution in [2.24, 2.45) is 16.5 Å². The zero-order valence-electron chi connectivity index (χ0n) is 54.8. The molecule has 17 N–H and O–H groups in total. The predicted octanol–water partition coefficient (Wildman–Crippen LogP) is -1.27. The van der Waals surface area contributed by atoms with Gasteiger partial charge in [0.1, 0.15) is 35.0 Å². The first-order chi connectivity index (χ1) is 46.6. The van der Waals surface area contributed by atoms with E-state index in [1.54, 1.807) is 87.2 Å². The van der Waals surface area contributed by atoms with Gasteiger partial charge in [0.25, 0.3) is 10.9 Å². The van der Waals surface area contributed by atoms with Gasteiger partial charge in [0.2, 0.25) is 29.5 Å². The second-order valence-electron chi connectivity index (χ2n) is 23.2. The number of anilines is 2. The summed E-state index contributed by atoms with van der Waals surface area (Å²) in [4.78, 5) is 151. The quantitative estimate of drug-likeness (QED) is 0.0107. The minimum Gasteiger partial charge on any atom is -0.508 e. The number of nitrogens with zero attached hydrogens (tertiary/aromatic N) is 5. The lowest BCUT2D eigenvalue weighted by atomic mass is 9.90. The van der Waals surface area contributed by atoms with E-state index in [2.05, 4.69) is 52.8 Å². The number of nitrogens with one attached hydrogen (secondary N) is 9. The number of amides is 7. The Morgan fingerprint density at radius 2 is 1.09 bits per heavy atom. The Labute approximate surface area is 562 Å². The van der Waals surface area contributed by atoms with E-state index >= 15 is 0 Å². The monoisotopic (exact) mass is 1350 g/mol. The van der Waals surface area contributed by atoms with Gasteiger partial charge in [-0.15, -0.1) is 0 Å². The molecular weight excluding hydrogens is 1260 g/mol. The second kappa shape index (κ2) is 42.6. The number of carbonyl (C=O) groups excluding carboxylic acids is 6. The summed E-state index contributed by atoms with van der Waals surface area (Å²) in [6.07, 6.45) is 3.05. The maximum Gasteiger partial charge on any atom is 0.321 e. The van der Waals surface area contributed by atoms with Gasteiger partial charge in [-0.05, 0) is 92.4 Å². The molecule has 0 radical (unpaired) electrons. The number of ether oxygens (including phenoxy) is 1. The smallest absolute Gasteiger partial charge is 0.321 e. The molecule has 4 aromatic rings. The van der Waals surface area contributed by atoms with Crippen molar-refractivity contribution in [2.45, 2.75) is 82.8 Å².